The summed E-state index contributed by atoms with van der Waals surface area (Å²) in [4.78, 5) is 4.46. The molecule has 1 aliphatic rings. The molecule has 1 fully saturated rings. The third-order valence-electron chi connectivity index (χ3n) is 6.25. The van der Waals surface area contributed by atoms with E-state index in [2.05, 4.69) is 58.8 Å². The Hall–Kier alpha value is -4.14. The molecule has 8 nitrogen and oxygen atoms in total. The summed E-state index contributed by atoms with van der Waals surface area (Å²) in [6.45, 7) is 7.06. The zero-order chi connectivity index (χ0) is 26.2. The molecule has 0 aliphatic heterocycles. The van der Waals surface area contributed by atoms with Crippen molar-refractivity contribution in [2.75, 3.05) is 17.2 Å². The lowest BCUT2D eigenvalue weighted by Gasteiger charge is -2.22. The number of anilines is 2. The minimum Gasteiger partial charge on any atom is -0.383 e. The van der Waals surface area contributed by atoms with Gasteiger partial charge in [0.15, 0.2) is 0 Å². The summed E-state index contributed by atoms with van der Waals surface area (Å²) < 4.78 is 1.91. The number of hydrogen-bond donors (Lipinski definition) is 2. The van der Waals surface area contributed by atoms with E-state index in [9.17, 15) is 10.5 Å². The van der Waals surface area contributed by atoms with Crippen LogP contribution in [0.25, 0.3) is 10.9 Å². The van der Waals surface area contributed by atoms with Crippen LogP contribution >= 0.6 is 11.6 Å². The lowest BCUT2D eigenvalue weighted by Crippen LogP contribution is -2.20. The molecule has 0 spiro atoms. The van der Waals surface area contributed by atoms with Crippen LogP contribution in [0.2, 0.25) is 5.02 Å². The predicted octanol–water partition coefficient (Wildman–Crippen LogP) is 6.22. The van der Waals surface area contributed by atoms with E-state index in [-0.39, 0.29) is 11.5 Å². The van der Waals surface area contributed by atoms with Crippen molar-refractivity contribution in [1.82, 2.24) is 20.0 Å². The fourth-order valence-electron chi connectivity index (χ4n) is 4.19. The third-order valence-corrected chi connectivity index (χ3v) is 6.53. The minimum atomic E-state index is -0.368. The first-order chi connectivity index (χ1) is 17.8. The molecular formula is C28H27ClN8. The van der Waals surface area contributed by atoms with Crippen LogP contribution in [0, 0.1) is 28.1 Å². The number of fused-ring (bicyclic) bond motifs is 1. The van der Waals surface area contributed by atoms with Crippen molar-refractivity contribution in [3.05, 3.63) is 76.2 Å². The predicted molar refractivity (Wildman–Crippen MR) is 144 cm³/mol. The Bertz CT molecular complexity index is 1550. The number of nitrogens with zero attached hydrogens (tertiary/aromatic N) is 6. The zero-order valence-electron chi connectivity index (χ0n) is 21.0. The number of pyridine rings is 1. The van der Waals surface area contributed by atoms with Gasteiger partial charge in [0.2, 0.25) is 0 Å². The van der Waals surface area contributed by atoms with Gasteiger partial charge < -0.3 is 10.6 Å². The normalized spacial score (nSPS) is 14.1. The van der Waals surface area contributed by atoms with E-state index in [1.807, 2.05) is 41.2 Å². The highest BCUT2D eigenvalue weighted by Gasteiger charge is 2.27. The van der Waals surface area contributed by atoms with Gasteiger partial charge in [-0.05, 0) is 48.1 Å². The molecule has 2 N–H and O–H groups in total. The average molecular weight is 511 g/mol. The number of nitrogens with one attached hydrogen (secondary N) is 2. The maximum atomic E-state index is 9.77. The molecule has 2 aromatic carbocycles. The summed E-state index contributed by atoms with van der Waals surface area (Å²) in [7, 11) is 0. The van der Waals surface area contributed by atoms with Crippen LogP contribution in [0.15, 0.2) is 48.8 Å². The molecule has 0 saturated heterocycles. The maximum Gasteiger partial charge on any atom is 0.109 e. The van der Waals surface area contributed by atoms with E-state index in [1.165, 1.54) is 0 Å². The van der Waals surface area contributed by atoms with Gasteiger partial charge in [0.25, 0.3) is 0 Å². The van der Waals surface area contributed by atoms with E-state index in [0.717, 1.165) is 35.2 Å². The monoisotopic (exact) mass is 510 g/mol. The van der Waals surface area contributed by atoms with Crippen LogP contribution in [0.4, 0.5) is 11.4 Å². The quantitative estimate of drug-likeness (QED) is 0.303. The van der Waals surface area contributed by atoms with Crippen molar-refractivity contribution in [3.63, 3.8) is 0 Å². The lowest BCUT2D eigenvalue weighted by molar-refractivity contribution is 0.443. The summed E-state index contributed by atoms with van der Waals surface area (Å²) >= 11 is 6.71. The Morgan fingerprint density at radius 3 is 2.68 bits per heavy atom. The molecule has 0 amide bonds. The van der Waals surface area contributed by atoms with Crippen molar-refractivity contribution in [2.45, 2.75) is 45.7 Å². The van der Waals surface area contributed by atoms with E-state index >= 15 is 0 Å². The molecule has 2 aromatic heterocycles. The van der Waals surface area contributed by atoms with Crippen molar-refractivity contribution in [3.8, 4) is 12.1 Å². The first kappa shape index (κ1) is 24.5. The van der Waals surface area contributed by atoms with E-state index in [4.69, 9.17) is 11.6 Å². The second-order valence-electron chi connectivity index (χ2n) is 10.6. The zero-order valence-corrected chi connectivity index (χ0v) is 21.7. The maximum absolute atomic E-state index is 9.77. The number of halogens is 1. The van der Waals surface area contributed by atoms with Crippen LogP contribution in [-0.4, -0.2) is 26.5 Å². The molecular weight excluding hydrogens is 484 g/mol. The topological polar surface area (TPSA) is 115 Å². The molecule has 1 aliphatic carbocycles. The van der Waals surface area contributed by atoms with Gasteiger partial charge in [-0.25, -0.2) is 4.68 Å². The third kappa shape index (κ3) is 5.35. The molecule has 2 heterocycles. The Morgan fingerprint density at radius 2 is 1.97 bits per heavy atom. The fourth-order valence-corrected chi connectivity index (χ4v) is 4.46. The fraction of sp³-hybridized carbons (Fsp3) is 0.321. The van der Waals surface area contributed by atoms with E-state index in [1.54, 1.807) is 12.3 Å². The van der Waals surface area contributed by atoms with Crippen molar-refractivity contribution in [2.24, 2.45) is 5.41 Å². The van der Waals surface area contributed by atoms with Gasteiger partial charge in [0.1, 0.15) is 11.8 Å². The standard InChI is InChI=1S/C28H27ClN8/c1-28(2,3)16-33-25-19(13-31)14-32-27-22(25)10-20(11-23(27)29)34-26(18-6-4-5-17(9-18)12-30)24-15-37(36-35-24)21-7-8-21/h4-6,9-11,14-15,21,26,34H,7-8,16H2,1-3H3,(H,32,33). The Kier molecular flexibility index (Phi) is 6.45. The summed E-state index contributed by atoms with van der Waals surface area (Å²) in [5.74, 6) is 0. The van der Waals surface area contributed by atoms with Crippen LogP contribution in [0.5, 0.6) is 0 Å². The first-order valence-electron chi connectivity index (χ1n) is 12.2. The number of aromatic nitrogens is 4. The van der Waals surface area contributed by atoms with Crippen LogP contribution in [0.3, 0.4) is 0 Å². The highest BCUT2D eigenvalue weighted by molar-refractivity contribution is 6.35. The van der Waals surface area contributed by atoms with Gasteiger partial charge in [-0.15, -0.1) is 5.10 Å². The molecule has 1 saturated carbocycles. The Labute approximate surface area is 220 Å². The Balaban J connectivity index is 1.59. The van der Waals surface area contributed by atoms with Gasteiger partial charge >= 0.3 is 0 Å². The number of rotatable bonds is 7. The van der Waals surface area contributed by atoms with Gasteiger partial charge in [-0.2, -0.15) is 10.5 Å². The minimum absolute atomic E-state index is 0.00616. The second-order valence-corrected chi connectivity index (χ2v) is 11.0. The molecule has 1 atom stereocenters. The molecule has 0 bridgehead atoms. The number of benzene rings is 2. The van der Waals surface area contributed by atoms with E-state index < -0.39 is 0 Å². The lowest BCUT2D eigenvalue weighted by atomic mass is 9.96. The summed E-state index contributed by atoms with van der Waals surface area (Å²) in [6.07, 6.45) is 5.72. The van der Waals surface area contributed by atoms with Gasteiger partial charge in [0, 0.05) is 23.8 Å². The molecule has 5 rings (SSSR count). The summed E-state index contributed by atoms with van der Waals surface area (Å²) in [6, 6.07) is 15.7. The summed E-state index contributed by atoms with van der Waals surface area (Å²) in [5.41, 5.74) is 4.71. The smallest absolute Gasteiger partial charge is 0.109 e. The second kappa shape index (κ2) is 9.72. The van der Waals surface area contributed by atoms with Gasteiger partial charge in [0.05, 0.1) is 51.7 Å². The highest BCUT2D eigenvalue weighted by Crippen LogP contribution is 2.37. The van der Waals surface area contributed by atoms with Crippen LogP contribution < -0.4 is 10.6 Å². The SMILES string of the molecule is CC(C)(C)CNc1c(C#N)cnc2c(Cl)cc(NC(c3cccc(C#N)c3)c3cn(C4CC4)nn3)cc12. The van der Waals surface area contributed by atoms with Crippen molar-refractivity contribution >= 4 is 33.9 Å². The highest BCUT2D eigenvalue weighted by atomic mass is 35.5. The summed E-state index contributed by atoms with van der Waals surface area (Å²) in [5, 5.41) is 36.3. The largest absolute Gasteiger partial charge is 0.383 e. The van der Waals surface area contributed by atoms with E-state index in [0.29, 0.717) is 39.9 Å². The molecule has 9 heteroatoms. The van der Waals surface area contributed by atoms with Gasteiger partial charge in [-0.3, -0.25) is 4.98 Å². The van der Waals surface area contributed by atoms with Crippen LogP contribution in [-0.2, 0) is 0 Å². The average Bonchev–Trinajstić information content (AvgIpc) is 3.62. The molecule has 4 aromatic rings. The molecule has 186 valence electrons. The van der Waals surface area contributed by atoms with Crippen LogP contribution in [0.1, 0.15) is 68.1 Å². The number of nitriles is 2. The van der Waals surface area contributed by atoms with Crippen molar-refractivity contribution < 1.29 is 0 Å². The molecule has 37 heavy (non-hydrogen) atoms. The van der Waals surface area contributed by atoms with Crippen molar-refractivity contribution in [1.29, 1.82) is 10.5 Å². The first-order valence-corrected chi connectivity index (χ1v) is 12.6. The number of hydrogen-bond acceptors (Lipinski definition) is 7. The Morgan fingerprint density at radius 1 is 1.16 bits per heavy atom. The molecule has 0 radical (unpaired) electrons. The molecule has 1 unspecified atom stereocenters. The van der Waals surface area contributed by atoms with Gasteiger partial charge in [-0.1, -0.05) is 49.7 Å².